The van der Waals surface area contributed by atoms with Crippen LogP contribution in [0.1, 0.15) is 24.2 Å². The number of aromatic nitrogens is 1. The SMILES string of the molecule is C[C@@H](NCc1ccc2ccccc2n1)c1cccc(Cl)c1. The van der Waals surface area contributed by atoms with Crippen LogP contribution in [0, 0.1) is 0 Å². The minimum atomic E-state index is 0.233. The molecular formula is C18H17ClN2. The number of halogens is 1. The second-order valence-corrected chi connectivity index (χ2v) is 5.59. The maximum Gasteiger partial charge on any atom is 0.0705 e. The van der Waals surface area contributed by atoms with Crippen LogP contribution in [-0.2, 0) is 6.54 Å². The molecule has 0 aliphatic heterocycles. The normalized spacial score (nSPS) is 12.5. The summed E-state index contributed by atoms with van der Waals surface area (Å²) < 4.78 is 0. The van der Waals surface area contributed by atoms with Crippen molar-refractivity contribution in [3.05, 3.63) is 76.9 Å². The van der Waals surface area contributed by atoms with Crippen LogP contribution in [0.15, 0.2) is 60.7 Å². The van der Waals surface area contributed by atoms with Gasteiger partial charge in [0, 0.05) is 23.0 Å². The van der Waals surface area contributed by atoms with Gasteiger partial charge in [0.1, 0.15) is 0 Å². The fraction of sp³-hybridized carbons (Fsp3) is 0.167. The molecule has 1 aromatic heterocycles. The van der Waals surface area contributed by atoms with Crippen LogP contribution in [0.3, 0.4) is 0 Å². The number of nitrogens with one attached hydrogen (secondary N) is 1. The fourth-order valence-corrected chi connectivity index (χ4v) is 2.56. The van der Waals surface area contributed by atoms with Gasteiger partial charge in [-0.3, -0.25) is 4.98 Å². The monoisotopic (exact) mass is 296 g/mol. The average Bonchev–Trinajstić information content (AvgIpc) is 2.52. The number of fused-ring (bicyclic) bond motifs is 1. The second kappa shape index (κ2) is 6.25. The molecule has 0 radical (unpaired) electrons. The summed E-state index contributed by atoms with van der Waals surface area (Å²) in [5.41, 5.74) is 3.26. The molecule has 0 fully saturated rings. The van der Waals surface area contributed by atoms with Gasteiger partial charge in [0.15, 0.2) is 0 Å². The summed E-state index contributed by atoms with van der Waals surface area (Å²) in [6.45, 7) is 2.87. The van der Waals surface area contributed by atoms with E-state index in [0.29, 0.717) is 0 Å². The summed E-state index contributed by atoms with van der Waals surface area (Å²) in [4.78, 5) is 4.67. The van der Waals surface area contributed by atoms with Crippen molar-refractivity contribution in [2.24, 2.45) is 0 Å². The summed E-state index contributed by atoms with van der Waals surface area (Å²) in [7, 11) is 0. The van der Waals surface area contributed by atoms with Crippen molar-refractivity contribution >= 4 is 22.5 Å². The highest BCUT2D eigenvalue weighted by Gasteiger charge is 2.06. The number of para-hydroxylation sites is 1. The number of nitrogens with zero attached hydrogens (tertiary/aromatic N) is 1. The fourth-order valence-electron chi connectivity index (χ4n) is 2.36. The Morgan fingerprint density at radius 2 is 1.90 bits per heavy atom. The predicted octanol–water partition coefficient (Wildman–Crippen LogP) is 4.74. The van der Waals surface area contributed by atoms with Crippen molar-refractivity contribution < 1.29 is 0 Å². The third-order valence-corrected chi connectivity index (χ3v) is 3.83. The number of hydrogen-bond acceptors (Lipinski definition) is 2. The molecule has 0 saturated heterocycles. The van der Waals surface area contributed by atoms with E-state index in [1.165, 1.54) is 10.9 Å². The Morgan fingerprint density at radius 1 is 1.05 bits per heavy atom. The van der Waals surface area contributed by atoms with E-state index in [2.05, 4.69) is 41.5 Å². The summed E-state index contributed by atoms with van der Waals surface area (Å²) in [6.07, 6.45) is 0. The Hall–Kier alpha value is -1.90. The number of pyridine rings is 1. The summed E-state index contributed by atoms with van der Waals surface area (Å²) >= 11 is 6.03. The Kier molecular flexibility index (Phi) is 4.18. The topological polar surface area (TPSA) is 24.9 Å². The van der Waals surface area contributed by atoms with Gasteiger partial charge in [-0.1, -0.05) is 48.0 Å². The van der Waals surface area contributed by atoms with Crippen LogP contribution in [0.4, 0.5) is 0 Å². The highest BCUT2D eigenvalue weighted by atomic mass is 35.5. The van der Waals surface area contributed by atoms with E-state index in [1.807, 2.05) is 36.4 Å². The van der Waals surface area contributed by atoms with E-state index in [0.717, 1.165) is 22.8 Å². The van der Waals surface area contributed by atoms with Gasteiger partial charge in [0.25, 0.3) is 0 Å². The van der Waals surface area contributed by atoms with E-state index in [1.54, 1.807) is 0 Å². The molecule has 106 valence electrons. The number of hydrogen-bond donors (Lipinski definition) is 1. The Bertz CT molecular complexity index is 755. The largest absolute Gasteiger partial charge is 0.305 e. The summed E-state index contributed by atoms with van der Waals surface area (Å²) in [6, 6.07) is 20.5. The quantitative estimate of drug-likeness (QED) is 0.752. The lowest BCUT2D eigenvalue weighted by atomic mass is 10.1. The number of benzene rings is 2. The Labute approximate surface area is 129 Å². The van der Waals surface area contributed by atoms with E-state index in [-0.39, 0.29) is 6.04 Å². The molecule has 0 bridgehead atoms. The zero-order valence-corrected chi connectivity index (χ0v) is 12.6. The van der Waals surface area contributed by atoms with Crippen molar-refractivity contribution in [3.63, 3.8) is 0 Å². The lowest BCUT2D eigenvalue weighted by Gasteiger charge is -2.14. The molecule has 0 spiro atoms. The van der Waals surface area contributed by atoms with Crippen LogP contribution in [0.2, 0.25) is 5.02 Å². The molecule has 0 amide bonds. The smallest absolute Gasteiger partial charge is 0.0705 e. The second-order valence-electron chi connectivity index (χ2n) is 5.15. The molecule has 1 N–H and O–H groups in total. The predicted molar refractivity (Wildman–Crippen MR) is 88.4 cm³/mol. The third-order valence-electron chi connectivity index (χ3n) is 3.59. The molecule has 1 atom stereocenters. The molecule has 3 heteroatoms. The maximum atomic E-state index is 6.03. The van der Waals surface area contributed by atoms with Crippen molar-refractivity contribution in [2.45, 2.75) is 19.5 Å². The Morgan fingerprint density at radius 3 is 2.76 bits per heavy atom. The van der Waals surface area contributed by atoms with E-state index < -0.39 is 0 Å². The molecule has 3 rings (SSSR count). The highest BCUT2D eigenvalue weighted by molar-refractivity contribution is 6.30. The molecule has 3 aromatic rings. The van der Waals surface area contributed by atoms with Gasteiger partial charge in [0.05, 0.1) is 11.2 Å². The van der Waals surface area contributed by atoms with Crippen LogP contribution >= 0.6 is 11.6 Å². The molecule has 0 saturated carbocycles. The van der Waals surface area contributed by atoms with Gasteiger partial charge < -0.3 is 5.32 Å². The van der Waals surface area contributed by atoms with Gasteiger partial charge >= 0.3 is 0 Å². The van der Waals surface area contributed by atoms with Gasteiger partial charge in [-0.05, 0) is 36.8 Å². The third kappa shape index (κ3) is 3.41. The average molecular weight is 297 g/mol. The number of rotatable bonds is 4. The first-order chi connectivity index (χ1) is 10.2. The lowest BCUT2D eigenvalue weighted by molar-refractivity contribution is 0.569. The molecule has 0 aliphatic carbocycles. The van der Waals surface area contributed by atoms with E-state index in [9.17, 15) is 0 Å². The van der Waals surface area contributed by atoms with E-state index >= 15 is 0 Å². The van der Waals surface area contributed by atoms with Gasteiger partial charge in [0.2, 0.25) is 0 Å². The molecule has 21 heavy (non-hydrogen) atoms. The van der Waals surface area contributed by atoms with Crippen molar-refractivity contribution in [3.8, 4) is 0 Å². The summed E-state index contributed by atoms with van der Waals surface area (Å²) in [5, 5.41) is 5.42. The first-order valence-corrected chi connectivity index (χ1v) is 7.44. The van der Waals surface area contributed by atoms with Crippen LogP contribution < -0.4 is 5.32 Å². The van der Waals surface area contributed by atoms with Crippen molar-refractivity contribution in [1.29, 1.82) is 0 Å². The van der Waals surface area contributed by atoms with Crippen molar-refractivity contribution in [1.82, 2.24) is 10.3 Å². The highest BCUT2D eigenvalue weighted by Crippen LogP contribution is 2.18. The van der Waals surface area contributed by atoms with Crippen LogP contribution in [-0.4, -0.2) is 4.98 Å². The minimum Gasteiger partial charge on any atom is -0.305 e. The minimum absolute atomic E-state index is 0.233. The molecule has 0 aliphatic rings. The van der Waals surface area contributed by atoms with Gasteiger partial charge in [-0.25, -0.2) is 0 Å². The Balaban J connectivity index is 1.71. The van der Waals surface area contributed by atoms with Crippen molar-refractivity contribution in [2.75, 3.05) is 0 Å². The first-order valence-electron chi connectivity index (χ1n) is 7.06. The zero-order valence-electron chi connectivity index (χ0n) is 11.9. The molecule has 0 unspecified atom stereocenters. The van der Waals surface area contributed by atoms with Crippen LogP contribution in [0.25, 0.3) is 10.9 Å². The molecular weight excluding hydrogens is 280 g/mol. The molecule has 2 aromatic carbocycles. The standard InChI is InChI=1S/C18H17ClN2/c1-13(15-6-4-7-16(19)11-15)20-12-17-10-9-14-5-2-3-8-18(14)21-17/h2-11,13,20H,12H2,1H3/t13-/m1/s1. The molecule has 1 heterocycles. The lowest BCUT2D eigenvalue weighted by Crippen LogP contribution is -2.18. The van der Waals surface area contributed by atoms with Gasteiger partial charge in [-0.15, -0.1) is 0 Å². The maximum absolute atomic E-state index is 6.03. The summed E-state index contributed by atoms with van der Waals surface area (Å²) in [5.74, 6) is 0. The first kappa shape index (κ1) is 14.1. The van der Waals surface area contributed by atoms with Gasteiger partial charge in [-0.2, -0.15) is 0 Å². The van der Waals surface area contributed by atoms with Crippen LogP contribution in [0.5, 0.6) is 0 Å². The molecule has 2 nitrogen and oxygen atoms in total. The van der Waals surface area contributed by atoms with E-state index in [4.69, 9.17) is 11.6 Å². The zero-order chi connectivity index (χ0) is 14.7.